The number of hydrogen-bond acceptors (Lipinski definition) is 9. The average Bonchev–Trinajstić information content (AvgIpc) is 3.29. The van der Waals surface area contributed by atoms with Gasteiger partial charge in [0, 0.05) is 17.7 Å². The van der Waals surface area contributed by atoms with Gasteiger partial charge in [-0.2, -0.15) is 10.6 Å². The number of nitrogens with one attached hydrogen (secondary N) is 1. The van der Waals surface area contributed by atoms with Crippen molar-refractivity contribution < 1.29 is 18.3 Å². The Hall–Kier alpha value is -3.15. The van der Waals surface area contributed by atoms with Crippen LogP contribution in [0.4, 0.5) is 0 Å². The largest absolute Gasteiger partial charge is 0.415 e. The summed E-state index contributed by atoms with van der Waals surface area (Å²) >= 11 is 0. The molecule has 3 N–H and O–H groups in total. The van der Waals surface area contributed by atoms with E-state index >= 15 is 0 Å². The fourth-order valence-corrected chi connectivity index (χ4v) is 4.94. The van der Waals surface area contributed by atoms with Crippen molar-refractivity contribution in [3.8, 4) is 34.3 Å². The monoisotopic (exact) mass is 465 g/mol. The van der Waals surface area contributed by atoms with Gasteiger partial charge in [0.1, 0.15) is 10.9 Å². The Balaban J connectivity index is 1.36. The fraction of sp³-hybridized carbons (Fsp3) is 0.217. The maximum atomic E-state index is 10.5. The Bertz CT molecular complexity index is 1240. The Labute approximate surface area is 192 Å². The van der Waals surface area contributed by atoms with Crippen molar-refractivity contribution in [1.29, 1.82) is 0 Å². The molecule has 0 radical (unpaired) electrons. The first-order valence-electron chi connectivity index (χ1n) is 10.4. The summed E-state index contributed by atoms with van der Waals surface area (Å²) in [5.41, 5.74) is 3.83. The fourth-order valence-electron chi connectivity index (χ4n) is 3.44. The summed E-state index contributed by atoms with van der Waals surface area (Å²) < 4.78 is 31.9. The molecule has 4 aromatic rings. The average molecular weight is 466 g/mol. The van der Waals surface area contributed by atoms with Crippen LogP contribution in [0.15, 0.2) is 70.2 Å². The normalized spacial score (nSPS) is 14.8. The van der Waals surface area contributed by atoms with Crippen LogP contribution in [0.25, 0.3) is 34.3 Å². The van der Waals surface area contributed by atoms with E-state index in [-0.39, 0.29) is 11.1 Å². The first-order valence-corrected chi connectivity index (χ1v) is 12.0. The highest BCUT2D eigenvalue weighted by molar-refractivity contribution is 8.25. The van der Waals surface area contributed by atoms with Gasteiger partial charge in [0.05, 0.1) is 36.2 Å². The zero-order valence-electron chi connectivity index (χ0n) is 17.9. The van der Waals surface area contributed by atoms with Crippen LogP contribution in [0.3, 0.4) is 0 Å². The van der Waals surface area contributed by atoms with Crippen molar-refractivity contribution >= 4 is 10.6 Å². The number of ether oxygens (including phenoxy) is 1. The zero-order chi connectivity index (χ0) is 22.8. The topological polar surface area (TPSA) is 126 Å². The molecule has 0 saturated carbocycles. The smallest absolute Gasteiger partial charge is 0.268 e. The van der Waals surface area contributed by atoms with Gasteiger partial charge in [-0.05, 0) is 36.9 Å². The van der Waals surface area contributed by atoms with E-state index in [0.717, 1.165) is 23.2 Å². The lowest BCUT2D eigenvalue weighted by Crippen LogP contribution is -2.38. The quantitative estimate of drug-likeness (QED) is 0.370. The van der Waals surface area contributed by atoms with Gasteiger partial charge in [0.25, 0.3) is 5.89 Å². The Kier molecular flexibility index (Phi) is 5.92. The van der Waals surface area contributed by atoms with Gasteiger partial charge in [-0.3, -0.25) is 14.1 Å². The van der Waals surface area contributed by atoms with E-state index in [1.54, 1.807) is 36.7 Å². The molecule has 9 nitrogen and oxygen atoms in total. The highest BCUT2D eigenvalue weighted by Crippen LogP contribution is 2.54. The summed E-state index contributed by atoms with van der Waals surface area (Å²) in [6, 6.07) is 14.9. The molecule has 33 heavy (non-hydrogen) atoms. The van der Waals surface area contributed by atoms with E-state index in [2.05, 4.69) is 25.5 Å². The minimum absolute atomic E-state index is 0.252. The van der Waals surface area contributed by atoms with Crippen molar-refractivity contribution in [1.82, 2.24) is 25.5 Å². The number of aromatic nitrogens is 4. The van der Waals surface area contributed by atoms with Crippen LogP contribution in [0, 0.1) is 0 Å². The lowest BCUT2D eigenvalue weighted by molar-refractivity contribution is 0.0377. The molecule has 10 heteroatoms. The molecule has 1 aliphatic rings. The van der Waals surface area contributed by atoms with Crippen molar-refractivity contribution in [2.75, 3.05) is 20.3 Å². The molecule has 0 amide bonds. The summed E-state index contributed by atoms with van der Waals surface area (Å²) in [5.74, 6) is 0.678. The van der Waals surface area contributed by atoms with Crippen LogP contribution in [0.2, 0.25) is 0 Å². The molecule has 1 aliphatic heterocycles. The van der Waals surface area contributed by atoms with Gasteiger partial charge in [-0.25, -0.2) is 4.98 Å². The number of nitrogens with zero attached hydrogens (tertiary/aromatic N) is 4. The second-order valence-corrected chi connectivity index (χ2v) is 10.0. The van der Waals surface area contributed by atoms with Crippen molar-refractivity contribution in [3.63, 3.8) is 0 Å². The first kappa shape index (κ1) is 21.7. The Morgan fingerprint density at radius 3 is 2.24 bits per heavy atom. The summed E-state index contributed by atoms with van der Waals surface area (Å²) in [5, 5.41) is 11.1. The molecular weight excluding hydrogens is 442 g/mol. The highest BCUT2D eigenvalue weighted by atomic mass is 32.3. The van der Waals surface area contributed by atoms with E-state index in [1.807, 2.05) is 31.3 Å². The molecule has 3 heterocycles. The summed E-state index contributed by atoms with van der Waals surface area (Å²) in [6.07, 6.45) is 3.20. The van der Waals surface area contributed by atoms with Crippen LogP contribution in [-0.4, -0.2) is 54.8 Å². The molecule has 170 valence electrons. The molecule has 5 rings (SSSR count). The van der Waals surface area contributed by atoms with E-state index in [1.165, 1.54) is 0 Å². The molecule has 0 atom stereocenters. The maximum absolute atomic E-state index is 10.5. The molecule has 2 aromatic carbocycles. The minimum Gasteiger partial charge on any atom is -0.415 e. The molecule has 1 fully saturated rings. The molecule has 0 bridgehead atoms. The molecule has 0 spiro atoms. The highest BCUT2D eigenvalue weighted by Gasteiger charge is 2.34. The van der Waals surface area contributed by atoms with Crippen molar-refractivity contribution in [3.05, 3.63) is 66.5 Å². The lowest BCUT2D eigenvalue weighted by Gasteiger charge is -2.44. The van der Waals surface area contributed by atoms with Gasteiger partial charge in [0.2, 0.25) is 5.89 Å². The van der Waals surface area contributed by atoms with Crippen LogP contribution in [0.5, 0.6) is 0 Å². The van der Waals surface area contributed by atoms with Crippen LogP contribution in [0.1, 0.15) is 5.56 Å². The van der Waals surface area contributed by atoms with E-state index < -0.39 is 10.6 Å². The summed E-state index contributed by atoms with van der Waals surface area (Å²) in [6.45, 7) is 1.51. The summed E-state index contributed by atoms with van der Waals surface area (Å²) in [4.78, 5) is 9.37. The zero-order valence-corrected chi connectivity index (χ0v) is 18.7. The molecule has 0 unspecified atom stereocenters. The molecular formula is C23H23N5O4S. The second kappa shape index (κ2) is 9.00. The minimum atomic E-state index is -2.88. The first-order chi connectivity index (χ1) is 16.0. The third kappa shape index (κ3) is 4.39. The SMILES string of the molecule is CNCc1ccc(-c2nnc(-c3cncc(-c4ccc(S(O)(O)C5COC5)cc4)n3)o2)cc1. The Morgan fingerprint density at radius 2 is 1.58 bits per heavy atom. The lowest BCUT2D eigenvalue weighted by atomic mass is 10.1. The third-order valence-electron chi connectivity index (χ3n) is 5.43. The molecule has 2 aromatic heterocycles. The van der Waals surface area contributed by atoms with Crippen LogP contribution in [-0.2, 0) is 11.3 Å². The van der Waals surface area contributed by atoms with Gasteiger partial charge < -0.3 is 14.5 Å². The van der Waals surface area contributed by atoms with E-state index in [4.69, 9.17) is 9.15 Å². The van der Waals surface area contributed by atoms with Crippen molar-refractivity contribution in [2.45, 2.75) is 16.7 Å². The van der Waals surface area contributed by atoms with Crippen molar-refractivity contribution in [2.24, 2.45) is 0 Å². The predicted molar refractivity (Wildman–Crippen MR) is 125 cm³/mol. The number of benzene rings is 2. The van der Waals surface area contributed by atoms with Gasteiger partial charge in [-0.15, -0.1) is 10.2 Å². The standard InChI is InChI=1S/C23H23N5O4S/c1-24-10-15-2-4-17(5-3-15)22-27-28-23(32-22)21-12-25-11-20(26-21)16-6-8-18(9-7-16)33(29,30)19-13-31-14-19/h2-9,11-12,19,24,29-30H,10,13-14H2,1H3. The van der Waals surface area contributed by atoms with E-state index in [0.29, 0.717) is 35.4 Å². The molecule has 0 aliphatic carbocycles. The number of hydrogen-bond donors (Lipinski definition) is 3. The molecule has 1 saturated heterocycles. The predicted octanol–water partition coefficient (Wildman–Crippen LogP) is 4.09. The maximum Gasteiger partial charge on any atom is 0.268 e. The Morgan fingerprint density at radius 1 is 0.909 bits per heavy atom. The van der Waals surface area contributed by atoms with Crippen LogP contribution >= 0.6 is 10.6 Å². The summed E-state index contributed by atoms with van der Waals surface area (Å²) in [7, 11) is -0.977. The second-order valence-electron chi connectivity index (χ2n) is 7.71. The van der Waals surface area contributed by atoms with Gasteiger partial charge in [0.15, 0.2) is 0 Å². The van der Waals surface area contributed by atoms with Crippen LogP contribution < -0.4 is 5.32 Å². The third-order valence-corrected chi connectivity index (χ3v) is 7.60. The van der Waals surface area contributed by atoms with E-state index in [9.17, 15) is 9.11 Å². The van der Waals surface area contributed by atoms with Gasteiger partial charge >= 0.3 is 0 Å². The number of rotatable bonds is 7. The van der Waals surface area contributed by atoms with Gasteiger partial charge in [-0.1, -0.05) is 24.3 Å².